The quantitative estimate of drug-likeness (QED) is 0.230. The van der Waals surface area contributed by atoms with Gasteiger partial charge in [-0.3, -0.25) is 19.6 Å². The summed E-state index contributed by atoms with van der Waals surface area (Å²) in [5.74, 6) is -4.33. The van der Waals surface area contributed by atoms with Gasteiger partial charge >= 0.3 is 5.97 Å². The molecule has 0 bridgehead atoms. The monoisotopic (exact) mass is 449 g/mol. The van der Waals surface area contributed by atoms with Crippen LogP contribution < -0.4 is 16.1 Å². The van der Waals surface area contributed by atoms with E-state index >= 15 is 0 Å². The van der Waals surface area contributed by atoms with Gasteiger partial charge in [0.15, 0.2) is 0 Å². The molecule has 0 aliphatic rings. The zero-order valence-electron chi connectivity index (χ0n) is 19.1. The van der Waals surface area contributed by atoms with Gasteiger partial charge in [0.05, 0.1) is 5.92 Å². The Bertz CT molecular complexity index is 770. The fourth-order valence-electron chi connectivity index (χ4n) is 3.32. The van der Waals surface area contributed by atoms with E-state index in [-0.39, 0.29) is 24.7 Å². The third-order valence-corrected chi connectivity index (χ3v) is 5.82. The summed E-state index contributed by atoms with van der Waals surface area (Å²) < 4.78 is 0. The Kier molecular flexibility index (Phi) is 11.4. The normalized spacial score (nSPS) is 15.5. The number of hydrogen-bond acceptors (Lipinski definition) is 5. The molecule has 3 amide bonds. The van der Waals surface area contributed by atoms with Crippen molar-refractivity contribution in [1.29, 1.82) is 0 Å². The van der Waals surface area contributed by atoms with Gasteiger partial charge in [-0.15, -0.1) is 0 Å². The van der Waals surface area contributed by atoms with Gasteiger partial charge in [0, 0.05) is 6.42 Å². The number of carboxylic acids is 1. The second kappa shape index (κ2) is 13.5. The summed E-state index contributed by atoms with van der Waals surface area (Å²) in [4.78, 5) is 49.4. The first-order valence-electron chi connectivity index (χ1n) is 10.9. The summed E-state index contributed by atoms with van der Waals surface area (Å²) in [5, 5.41) is 23.7. The minimum atomic E-state index is -1.14. The zero-order valence-corrected chi connectivity index (χ0v) is 19.1. The number of amides is 3. The molecule has 5 atom stereocenters. The van der Waals surface area contributed by atoms with Crippen LogP contribution in [-0.2, 0) is 25.6 Å². The highest BCUT2D eigenvalue weighted by molar-refractivity contribution is 5.92. The Hall–Kier alpha value is -2.94. The van der Waals surface area contributed by atoms with Crippen LogP contribution in [0.25, 0.3) is 0 Å². The van der Waals surface area contributed by atoms with E-state index in [2.05, 4.69) is 10.6 Å². The summed E-state index contributed by atoms with van der Waals surface area (Å²) in [5.41, 5.74) is 2.36. The number of rotatable bonds is 13. The molecule has 0 spiro atoms. The van der Waals surface area contributed by atoms with Crippen LogP contribution in [-0.4, -0.2) is 46.1 Å². The minimum Gasteiger partial charge on any atom is -0.480 e. The second-order valence-corrected chi connectivity index (χ2v) is 8.21. The molecule has 1 rings (SSSR count). The second-order valence-electron chi connectivity index (χ2n) is 8.21. The lowest BCUT2D eigenvalue weighted by Gasteiger charge is -2.28. The fraction of sp³-hybridized carbons (Fsp3) is 0.565. The van der Waals surface area contributed by atoms with E-state index in [0.29, 0.717) is 12.8 Å². The number of hydroxylamine groups is 1. The van der Waals surface area contributed by atoms with E-state index in [0.717, 1.165) is 5.56 Å². The maximum atomic E-state index is 13.1. The van der Waals surface area contributed by atoms with Crippen molar-refractivity contribution >= 4 is 23.7 Å². The minimum absolute atomic E-state index is 0.236. The topological polar surface area (TPSA) is 145 Å². The largest absolute Gasteiger partial charge is 0.480 e. The van der Waals surface area contributed by atoms with E-state index in [4.69, 9.17) is 5.21 Å². The molecule has 9 heteroatoms. The van der Waals surface area contributed by atoms with Crippen molar-refractivity contribution < 1.29 is 29.5 Å². The SMILES string of the molecule is CC[C@H](C)[C@H](NC(=O)[C@@H](NC(=O)[C@@H](CC(=O)NO)Cc1ccccc1)[C@@H](C)CC)C(=O)O. The predicted octanol–water partition coefficient (Wildman–Crippen LogP) is 1.89. The molecule has 0 unspecified atom stereocenters. The van der Waals surface area contributed by atoms with E-state index in [1.54, 1.807) is 19.3 Å². The molecule has 0 aliphatic carbocycles. The summed E-state index contributed by atoms with van der Waals surface area (Å²) in [6.45, 7) is 7.22. The van der Waals surface area contributed by atoms with Gasteiger partial charge in [-0.1, -0.05) is 70.9 Å². The Morgan fingerprint density at radius 3 is 1.91 bits per heavy atom. The van der Waals surface area contributed by atoms with Crippen molar-refractivity contribution in [3.8, 4) is 0 Å². The molecule has 0 heterocycles. The number of aliphatic carboxylic acids is 1. The van der Waals surface area contributed by atoms with Crippen molar-refractivity contribution in [1.82, 2.24) is 16.1 Å². The third kappa shape index (κ3) is 8.30. The van der Waals surface area contributed by atoms with Crippen molar-refractivity contribution in [2.24, 2.45) is 17.8 Å². The number of carboxylic acid groups (broad SMARTS) is 1. The molecule has 1 aromatic carbocycles. The van der Waals surface area contributed by atoms with Crippen LogP contribution in [0, 0.1) is 17.8 Å². The van der Waals surface area contributed by atoms with E-state index in [9.17, 15) is 24.3 Å². The molecule has 0 aromatic heterocycles. The lowest BCUT2D eigenvalue weighted by molar-refractivity contribution is -0.144. The number of benzene rings is 1. The summed E-state index contributed by atoms with van der Waals surface area (Å²) in [7, 11) is 0. The van der Waals surface area contributed by atoms with Crippen LogP contribution in [0.4, 0.5) is 0 Å². The molecular weight excluding hydrogens is 414 g/mol. The number of carbonyl (C=O) groups is 4. The molecule has 178 valence electrons. The molecular formula is C23H35N3O6. The van der Waals surface area contributed by atoms with Crippen LogP contribution in [0.1, 0.15) is 52.5 Å². The van der Waals surface area contributed by atoms with Gasteiger partial charge in [-0.2, -0.15) is 0 Å². The first kappa shape index (κ1) is 27.1. The maximum absolute atomic E-state index is 13.1. The summed E-state index contributed by atoms with van der Waals surface area (Å²) in [6, 6.07) is 7.06. The maximum Gasteiger partial charge on any atom is 0.326 e. The molecule has 9 nitrogen and oxygen atoms in total. The molecule has 0 saturated carbocycles. The summed E-state index contributed by atoms with van der Waals surface area (Å²) >= 11 is 0. The standard InChI is InChI=1S/C23H35N3O6/c1-5-14(3)19(22(29)25-20(23(30)31)15(4)6-2)24-21(28)17(13-18(27)26-32)12-16-10-8-7-9-11-16/h7-11,14-15,17,19-20,32H,5-6,12-13H2,1-4H3,(H,24,28)(H,25,29)(H,26,27)(H,30,31)/t14-,15-,17+,19-,20-/m0/s1. The smallest absolute Gasteiger partial charge is 0.326 e. The molecule has 0 saturated heterocycles. The van der Waals surface area contributed by atoms with Gasteiger partial charge in [0.2, 0.25) is 17.7 Å². The average Bonchev–Trinajstić information content (AvgIpc) is 2.79. The van der Waals surface area contributed by atoms with Crippen LogP contribution in [0.2, 0.25) is 0 Å². The van der Waals surface area contributed by atoms with Crippen LogP contribution in [0.5, 0.6) is 0 Å². The Balaban J connectivity index is 3.06. The van der Waals surface area contributed by atoms with Gasteiger partial charge < -0.3 is 15.7 Å². The van der Waals surface area contributed by atoms with Crippen molar-refractivity contribution in [2.75, 3.05) is 0 Å². The van der Waals surface area contributed by atoms with E-state index in [1.165, 1.54) is 0 Å². The highest BCUT2D eigenvalue weighted by Gasteiger charge is 2.33. The average molecular weight is 450 g/mol. The van der Waals surface area contributed by atoms with Gasteiger partial charge in [0.25, 0.3) is 0 Å². The first-order valence-corrected chi connectivity index (χ1v) is 10.9. The number of carbonyl (C=O) groups excluding carboxylic acids is 3. The van der Waals surface area contributed by atoms with Crippen LogP contribution in [0.3, 0.4) is 0 Å². The highest BCUT2D eigenvalue weighted by atomic mass is 16.5. The number of hydrogen-bond donors (Lipinski definition) is 5. The fourth-order valence-corrected chi connectivity index (χ4v) is 3.32. The first-order chi connectivity index (χ1) is 15.1. The molecule has 0 fully saturated rings. The zero-order chi connectivity index (χ0) is 24.3. The van der Waals surface area contributed by atoms with E-state index < -0.39 is 41.7 Å². The molecule has 1 aromatic rings. The van der Waals surface area contributed by atoms with Crippen molar-refractivity contribution in [3.05, 3.63) is 35.9 Å². The Morgan fingerprint density at radius 2 is 1.41 bits per heavy atom. The molecule has 5 N–H and O–H groups in total. The molecule has 32 heavy (non-hydrogen) atoms. The molecule has 0 aliphatic heterocycles. The molecule has 0 radical (unpaired) electrons. The Morgan fingerprint density at radius 1 is 0.875 bits per heavy atom. The van der Waals surface area contributed by atoms with E-state index in [1.807, 2.05) is 44.2 Å². The summed E-state index contributed by atoms with van der Waals surface area (Å²) in [6.07, 6.45) is 1.10. The lowest BCUT2D eigenvalue weighted by Crippen LogP contribution is -2.56. The van der Waals surface area contributed by atoms with Gasteiger partial charge in [0.1, 0.15) is 12.1 Å². The lowest BCUT2D eigenvalue weighted by atomic mass is 9.92. The predicted molar refractivity (Wildman–Crippen MR) is 119 cm³/mol. The third-order valence-electron chi connectivity index (χ3n) is 5.82. The van der Waals surface area contributed by atoms with Crippen molar-refractivity contribution in [3.63, 3.8) is 0 Å². The van der Waals surface area contributed by atoms with Crippen LogP contribution >= 0.6 is 0 Å². The van der Waals surface area contributed by atoms with Gasteiger partial charge in [-0.25, -0.2) is 10.3 Å². The Labute approximate surface area is 188 Å². The van der Waals surface area contributed by atoms with Crippen molar-refractivity contribution in [2.45, 2.75) is 65.5 Å². The van der Waals surface area contributed by atoms with Gasteiger partial charge in [-0.05, 0) is 23.8 Å². The number of nitrogens with one attached hydrogen (secondary N) is 3. The highest BCUT2D eigenvalue weighted by Crippen LogP contribution is 2.16. The van der Waals surface area contributed by atoms with Crippen LogP contribution in [0.15, 0.2) is 30.3 Å².